The predicted octanol–water partition coefficient (Wildman–Crippen LogP) is 1.65. The number of hydrogen-bond acceptors (Lipinski definition) is 2. The van der Waals surface area contributed by atoms with Gasteiger partial charge in [0.1, 0.15) is 0 Å². The van der Waals surface area contributed by atoms with Crippen molar-refractivity contribution in [3.63, 3.8) is 0 Å². The quantitative estimate of drug-likeness (QED) is 0.595. The van der Waals surface area contributed by atoms with Crippen LogP contribution in [0.25, 0.3) is 0 Å². The lowest BCUT2D eigenvalue weighted by Gasteiger charge is -2.12. The summed E-state index contributed by atoms with van der Waals surface area (Å²) >= 11 is 0. The van der Waals surface area contributed by atoms with Gasteiger partial charge < -0.3 is 10.2 Å². The first-order valence-electron chi connectivity index (χ1n) is 4.39. The van der Waals surface area contributed by atoms with Gasteiger partial charge in [-0.3, -0.25) is 4.57 Å². The van der Waals surface area contributed by atoms with Crippen LogP contribution in [0.3, 0.4) is 0 Å². The highest BCUT2D eigenvalue weighted by molar-refractivity contribution is 5.51. The van der Waals surface area contributed by atoms with Crippen molar-refractivity contribution in [3.8, 4) is 11.8 Å². The van der Waals surface area contributed by atoms with Gasteiger partial charge in [-0.2, -0.15) is 0 Å². The fourth-order valence-electron chi connectivity index (χ4n) is 1.90. The Hall–Kier alpha value is -1.38. The van der Waals surface area contributed by atoms with Gasteiger partial charge in [-0.25, -0.2) is 0 Å². The predicted molar refractivity (Wildman–Crippen MR) is 50.0 cm³/mol. The zero-order chi connectivity index (χ0) is 9.59. The number of aromatic nitrogens is 1. The molecule has 0 fully saturated rings. The molecule has 2 N–H and O–H groups in total. The highest BCUT2D eigenvalue weighted by Crippen LogP contribution is 2.40. The summed E-state index contributed by atoms with van der Waals surface area (Å²) in [5.74, 6) is 0.559. The highest BCUT2D eigenvalue weighted by atomic mass is 16.3. The van der Waals surface area contributed by atoms with E-state index >= 15 is 0 Å². The zero-order valence-electron chi connectivity index (χ0n) is 7.78. The minimum atomic E-state index is 0.184. The largest absolute Gasteiger partial charge is 0.494 e. The maximum absolute atomic E-state index is 9.70. The van der Waals surface area contributed by atoms with Crippen molar-refractivity contribution in [2.45, 2.75) is 19.3 Å². The summed E-state index contributed by atoms with van der Waals surface area (Å²) in [6.07, 6.45) is 4.77. The normalized spacial score (nSPS) is 20.3. The molecule has 0 amide bonds. The van der Waals surface area contributed by atoms with E-state index in [9.17, 15) is 10.2 Å². The minimum Gasteiger partial charge on any atom is -0.494 e. The fourth-order valence-corrected chi connectivity index (χ4v) is 1.90. The van der Waals surface area contributed by atoms with Crippen LogP contribution in [0.4, 0.5) is 0 Å². The van der Waals surface area contributed by atoms with E-state index in [0.29, 0.717) is 6.42 Å². The zero-order valence-corrected chi connectivity index (χ0v) is 7.78. The molecule has 1 aromatic heterocycles. The number of allylic oxidation sites excluding steroid dienone is 2. The van der Waals surface area contributed by atoms with Crippen LogP contribution >= 0.6 is 0 Å². The molecule has 0 aromatic carbocycles. The average Bonchev–Trinajstić information content (AvgIpc) is 2.33. The minimum absolute atomic E-state index is 0.184. The molecule has 0 spiro atoms. The van der Waals surface area contributed by atoms with E-state index in [1.54, 1.807) is 7.05 Å². The molecule has 3 heteroatoms. The van der Waals surface area contributed by atoms with Crippen LogP contribution in [0.15, 0.2) is 12.2 Å². The van der Waals surface area contributed by atoms with Crippen LogP contribution in [0, 0.1) is 0 Å². The van der Waals surface area contributed by atoms with Crippen molar-refractivity contribution in [1.29, 1.82) is 0 Å². The van der Waals surface area contributed by atoms with Crippen molar-refractivity contribution < 1.29 is 10.2 Å². The van der Waals surface area contributed by atoms with E-state index in [4.69, 9.17) is 0 Å². The van der Waals surface area contributed by atoms with Gasteiger partial charge in [0.25, 0.3) is 0 Å². The van der Waals surface area contributed by atoms with Crippen LogP contribution < -0.4 is 0 Å². The average molecular weight is 179 g/mol. The lowest BCUT2D eigenvalue weighted by atomic mass is 9.92. The standard InChI is InChI=1S/C10H13NO2/c1-6-4-3-5-7-8(6)10(13)11(2)9(7)12/h3-4,6,12-13H,5H2,1-2H3. The summed E-state index contributed by atoms with van der Waals surface area (Å²) in [6.45, 7) is 2.01. The van der Waals surface area contributed by atoms with Crippen molar-refractivity contribution in [1.82, 2.24) is 4.57 Å². The van der Waals surface area contributed by atoms with Crippen molar-refractivity contribution in [2.24, 2.45) is 7.05 Å². The van der Waals surface area contributed by atoms with Gasteiger partial charge in [-0.05, 0) is 6.42 Å². The Bertz CT molecular complexity index is 377. The van der Waals surface area contributed by atoms with Crippen LogP contribution in [-0.4, -0.2) is 14.8 Å². The summed E-state index contributed by atoms with van der Waals surface area (Å²) in [7, 11) is 1.66. The SMILES string of the molecule is CC1C=CCc2c1c(O)n(C)c2O. The Morgan fingerprint density at radius 1 is 1.38 bits per heavy atom. The van der Waals surface area contributed by atoms with E-state index in [1.165, 1.54) is 4.57 Å². The molecule has 0 aliphatic heterocycles. The molecule has 70 valence electrons. The first-order chi connectivity index (χ1) is 6.13. The van der Waals surface area contributed by atoms with Gasteiger partial charge in [0, 0.05) is 24.1 Å². The molecule has 1 aromatic rings. The van der Waals surface area contributed by atoms with Gasteiger partial charge in [-0.1, -0.05) is 19.1 Å². The molecule has 1 unspecified atom stereocenters. The summed E-state index contributed by atoms with van der Waals surface area (Å²) < 4.78 is 1.42. The van der Waals surface area contributed by atoms with Gasteiger partial charge in [0.05, 0.1) is 0 Å². The second-order valence-corrected chi connectivity index (χ2v) is 3.52. The number of rotatable bonds is 0. The summed E-state index contributed by atoms with van der Waals surface area (Å²) in [5.41, 5.74) is 1.72. The second kappa shape index (κ2) is 2.55. The van der Waals surface area contributed by atoms with Crippen molar-refractivity contribution in [3.05, 3.63) is 23.3 Å². The smallest absolute Gasteiger partial charge is 0.197 e. The molecule has 0 radical (unpaired) electrons. The third-order valence-electron chi connectivity index (χ3n) is 2.67. The van der Waals surface area contributed by atoms with Crippen molar-refractivity contribution >= 4 is 0 Å². The molecule has 0 bridgehead atoms. The summed E-state index contributed by atoms with van der Waals surface area (Å²) in [5, 5.41) is 19.4. The first-order valence-corrected chi connectivity index (χ1v) is 4.39. The van der Waals surface area contributed by atoms with E-state index in [1.807, 2.05) is 19.1 Å². The molecule has 1 atom stereocenters. The van der Waals surface area contributed by atoms with Crippen LogP contribution in [0.2, 0.25) is 0 Å². The van der Waals surface area contributed by atoms with E-state index < -0.39 is 0 Å². The molecular weight excluding hydrogens is 166 g/mol. The maximum Gasteiger partial charge on any atom is 0.197 e. The van der Waals surface area contributed by atoms with E-state index in [0.717, 1.165) is 11.1 Å². The van der Waals surface area contributed by atoms with E-state index in [2.05, 4.69) is 0 Å². The number of nitrogens with zero attached hydrogens (tertiary/aromatic N) is 1. The highest BCUT2D eigenvalue weighted by Gasteiger charge is 2.24. The lowest BCUT2D eigenvalue weighted by molar-refractivity contribution is 0.383. The van der Waals surface area contributed by atoms with Gasteiger partial charge in [0.2, 0.25) is 0 Å². The monoisotopic (exact) mass is 179 g/mol. The van der Waals surface area contributed by atoms with Gasteiger partial charge in [-0.15, -0.1) is 0 Å². The van der Waals surface area contributed by atoms with Crippen molar-refractivity contribution in [2.75, 3.05) is 0 Å². The number of aromatic hydroxyl groups is 2. The Morgan fingerprint density at radius 3 is 2.69 bits per heavy atom. The summed E-state index contributed by atoms with van der Waals surface area (Å²) in [4.78, 5) is 0. The van der Waals surface area contributed by atoms with Gasteiger partial charge >= 0.3 is 0 Å². The first kappa shape index (κ1) is 8.23. The Labute approximate surface area is 76.9 Å². The Morgan fingerprint density at radius 2 is 2.08 bits per heavy atom. The molecule has 0 saturated heterocycles. The topological polar surface area (TPSA) is 45.4 Å². The molecule has 1 heterocycles. The maximum atomic E-state index is 9.70. The molecule has 13 heavy (non-hydrogen) atoms. The Balaban J connectivity index is 2.67. The van der Waals surface area contributed by atoms with E-state index in [-0.39, 0.29) is 17.7 Å². The van der Waals surface area contributed by atoms with Crippen LogP contribution in [0.5, 0.6) is 11.8 Å². The fraction of sp³-hybridized carbons (Fsp3) is 0.400. The van der Waals surface area contributed by atoms with Gasteiger partial charge in [0.15, 0.2) is 11.8 Å². The lowest BCUT2D eigenvalue weighted by Crippen LogP contribution is -1.98. The molecule has 1 aliphatic carbocycles. The summed E-state index contributed by atoms with van der Waals surface area (Å²) in [6, 6.07) is 0. The molecular formula is C10H13NO2. The number of hydrogen-bond donors (Lipinski definition) is 2. The molecule has 3 nitrogen and oxygen atoms in total. The number of fused-ring (bicyclic) bond motifs is 1. The third kappa shape index (κ3) is 0.963. The third-order valence-corrected chi connectivity index (χ3v) is 2.67. The molecule has 0 saturated carbocycles. The molecule has 1 aliphatic rings. The van der Waals surface area contributed by atoms with Crippen LogP contribution in [0.1, 0.15) is 24.0 Å². The van der Waals surface area contributed by atoms with Crippen LogP contribution in [-0.2, 0) is 13.5 Å². The Kier molecular flexibility index (Phi) is 1.62. The second-order valence-electron chi connectivity index (χ2n) is 3.52. The molecule has 2 rings (SSSR count).